The van der Waals surface area contributed by atoms with Crippen molar-refractivity contribution < 1.29 is 9.53 Å². The SMILES string of the molecule is CCc1nc2ccccc2n1C1CCC(N)(C(=O)OC)C1. The second-order valence-corrected chi connectivity index (χ2v) is 5.78. The Morgan fingerprint density at radius 3 is 3.00 bits per heavy atom. The molecule has 1 aromatic heterocycles. The highest BCUT2D eigenvalue weighted by molar-refractivity contribution is 5.81. The van der Waals surface area contributed by atoms with E-state index in [1.807, 2.05) is 18.2 Å². The first-order valence-corrected chi connectivity index (χ1v) is 7.42. The van der Waals surface area contributed by atoms with E-state index in [9.17, 15) is 4.79 Å². The molecule has 0 aliphatic heterocycles. The number of para-hydroxylation sites is 2. The minimum absolute atomic E-state index is 0.205. The lowest BCUT2D eigenvalue weighted by Gasteiger charge is -2.22. The van der Waals surface area contributed by atoms with Crippen molar-refractivity contribution in [2.45, 2.75) is 44.2 Å². The number of esters is 1. The number of carbonyl (C=O) groups excluding carboxylic acids is 1. The Hall–Kier alpha value is -1.88. The van der Waals surface area contributed by atoms with Gasteiger partial charge in [-0.2, -0.15) is 0 Å². The van der Waals surface area contributed by atoms with E-state index >= 15 is 0 Å². The maximum atomic E-state index is 11.9. The molecule has 1 fully saturated rings. The Labute approximate surface area is 124 Å². The van der Waals surface area contributed by atoms with Gasteiger partial charge >= 0.3 is 5.97 Å². The van der Waals surface area contributed by atoms with E-state index in [0.717, 1.165) is 29.7 Å². The van der Waals surface area contributed by atoms with Crippen molar-refractivity contribution in [3.63, 3.8) is 0 Å². The van der Waals surface area contributed by atoms with E-state index in [2.05, 4.69) is 17.6 Å². The van der Waals surface area contributed by atoms with Gasteiger partial charge in [-0.3, -0.25) is 4.79 Å². The van der Waals surface area contributed by atoms with Gasteiger partial charge in [0.15, 0.2) is 0 Å². The maximum Gasteiger partial charge on any atom is 0.325 e. The molecular weight excluding hydrogens is 266 g/mol. The second kappa shape index (κ2) is 5.15. The first kappa shape index (κ1) is 14.1. The van der Waals surface area contributed by atoms with Gasteiger partial charge in [0.2, 0.25) is 0 Å². The number of aromatic nitrogens is 2. The van der Waals surface area contributed by atoms with Crippen LogP contribution in [0.3, 0.4) is 0 Å². The topological polar surface area (TPSA) is 70.1 Å². The molecule has 0 amide bonds. The number of rotatable bonds is 3. The number of hydrogen-bond acceptors (Lipinski definition) is 4. The normalized spacial score (nSPS) is 25.4. The molecule has 2 atom stereocenters. The van der Waals surface area contributed by atoms with E-state index in [0.29, 0.717) is 12.8 Å². The molecule has 1 heterocycles. The van der Waals surface area contributed by atoms with E-state index < -0.39 is 5.54 Å². The molecule has 2 aromatic rings. The highest BCUT2D eigenvalue weighted by Gasteiger charge is 2.44. The maximum absolute atomic E-state index is 11.9. The minimum atomic E-state index is -0.865. The van der Waals surface area contributed by atoms with Gasteiger partial charge in [0.25, 0.3) is 0 Å². The highest BCUT2D eigenvalue weighted by atomic mass is 16.5. The van der Waals surface area contributed by atoms with Gasteiger partial charge in [-0.15, -0.1) is 0 Å². The Morgan fingerprint density at radius 2 is 2.29 bits per heavy atom. The van der Waals surface area contributed by atoms with Crippen molar-refractivity contribution >= 4 is 17.0 Å². The van der Waals surface area contributed by atoms with Gasteiger partial charge in [-0.05, 0) is 31.4 Å². The summed E-state index contributed by atoms with van der Waals surface area (Å²) in [5.41, 5.74) is 7.49. The number of aryl methyl sites for hydroxylation is 1. The minimum Gasteiger partial charge on any atom is -0.468 e. The first-order chi connectivity index (χ1) is 10.1. The van der Waals surface area contributed by atoms with Crippen LogP contribution >= 0.6 is 0 Å². The van der Waals surface area contributed by atoms with Crippen LogP contribution in [0.2, 0.25) is 0 Å². The van der Waals surface area contributed by atoms with Crippen molar-refractivity contribution in [3.05, 3.63) is 30.1 Å². The van der Waals surface area contributed by atoms with E-state index in [1.54, 1.807) is 0 Å². The third kappa shape index (κ3) is 2.21. The number of ether oxygens (including phenoxy) is 1. The molecule has 0 saturated heterocycles. The summed E-state index contributed by atoms with van der Waals surface area (Å²) in [6.07, 6.45) is 2.99. The van der Waals surface area contributed by atoms with Crippen molar-refractivity contribution in [1.82, 2.24) is 9.55 Å². The molecule has 5 heteroatoms. The average molecular weight is 287 g/mol. The van der Waals surface area contributed by atoms with Crippen LogP contribution in [0.4, 0.5) is 0 Å². The van der Waals surface area contributed by atoms with Gasteiger partial charge in [-0.25, -0.2) is 4.98 Å². The van der Waals surface area contributed by atoms with Crippen LogP contribution in [0.1, 0.15) is 38.1 Å². The van der Waals surface area contributed by atoms with E-state index in [4.69, 9.17) is 15.5 Å². The highest BCUT2D eigenvalue weighted by Crippen LogP contribution is 2.39. The third-order valence-electron chi connectivity index (χ3n) is 4.47. The summed E-state index contributed by atoms with van der Waals surface area (Å²) < 4.78 is 7.11. The van der Waals surface area contributed by atoms with Gasteiger partial charge in [-0.1, -0.05) is 19.1 Å². The van der Waals surface area contributed by atoms with Crippen LogP contribution in [-0.4, -0.2) is 28.2 Å². The van der Waals surface area contributed by atoms with Crippen LogP contribution in [0.15, 0.2) is 24.3 Å². The number of imidazole rings is 1. The van der Waals surface area contributed by atoms with E-state index in [1.165, 1.54) is 7.11 Å². The fraction of sp³-hybridized carbons (Fsp3) is 0.500. The molecule has 0 spiro atoms. The van der Waals surface area contributed by atoms with Crippen LogP contribution in [-0.2, 0) is 16.0 Å². The van der Waals surface area contributed by atoms with Gasteiger partial charge in [0.05, 0.1) is 18.1 Å². The Balaban J connectivity index is 2.00. The lowest BCUT2D eigenvalue weighted by Crippen LogP contribution is -2.46. The quantitative estimate of drug-likeness (QED) is 0.879. The first-order valence-electron chi connectivity index (χ1n) is 7.42. The summed E-state index contributed by atoms with van der Waals surface area (Å²) in [6, 6.07) is 8.32. The summed E-state index contributed by atoms with van der Waals surface area (Å²) >= 11 is 0. The average Bonchev–Trinajstić information content (AvgIpc) is 3.07. The Morgan fingerprint density at radius 1 is 1.52 bits per heavy atom. The molecule has 1 aliphatic rings. The van der Waals surface area contributed by atoms with Crippen LogP contribution in [0, 0.1) is 0 Å². The molecular formula is C16H21N3O2. The lowest BCUT2D eigenvalue weighted by atomic mass is 9.99. The van der Waals surface area contributed by atoms with Gasteiger partial charge in [0, 0.05) is 12.5 Å². The predicted octanol–water partition coefficient (Wildman–Crippen LogP) is 2.19. The standard InChI is InChI=1S/C16H21N3O2/c1-3-14-18-12-6-4-5-7-13(12)19(14)11-8-9-16(17,10-11)15(20)21-2/h4-7,11H,3,8-10,17H2,1-2H3. The molecule has 2 N–H and O–H groups in total. The largest absolute Gasteiger partial charge is 0.468 e. The molecule has 5 nitrogen and oxygen atoms in total. The molecule has 2 unspecified atom stereocenters. The van der Waals surface area contributed by atoms with Gasteiger partial charge < -0.3 is 15.0 Å². The molecule has 0 bridgehead atoms. The summed E-state index contributed by atoms with van der Waals surface area (Å²) in [4.78, 5) is 16.6. The molecule has 112 valence electrons. The predicted molar refractivity (Wildman–Crippen MR) is 80.9 cm³/mol. The van der Waals surface area contributed by atoms with E-state index in [-0.39, 0.29) is 12.0 Å². The third-order valence-corrected chi connectivity index (χ3v) is 4.47. The number of nitrogens with zero attached hydrogens (tertiary/aromatic N) is 2. The summed E-state index contributed by atoms with van der Waals surface area (Å²) in [5, 5.41) is 0. The molecule has 1 aromatic carbocycles. The Bertz CT molecular complexity index is 679. The smallest absolute Gasteiger partial charge is 0.325 e. The zero-order valence-electron chi connectivity index (χ0n) is 12.5. The van der Waals surface area contributed by atoms with Crippen molar-refractivity contribution in [3.8, 4) is 0 Å². The summed E-state index contributed by atoms with van der Waals surface area (Å²) in [7, 11) is 1.40. The van der Waals surface area contributed by atoms with Crippen LogP contribution < -0.4 is 5.73 Å². The Kier molecular flexibility index (Phi) is 3.45. The molecule has 1 aliphatic carbocycles. The van der Waals surface area contributed by atoms with Gasteiger partial charge in [0.1, 0.15) is 11.4 Å². The second-order valence-electron chi connectivity index (χ2n) is 5.78. The van der Waals surface area contributed by atoms with Crippen molar-refractivity contribution in [1.29, 1.82) is 0 Å². The zero-order valence-corrected chi connectivity index (χ0v) is 12.5. The molecule has 1 saturated carbocycles. The van der Waals surface area contributed by atoms with Crippen LogP contribution in [0.5, 0.6) is 0 Å². The summed E-state index contributed by atoms with van der Waals surface area (Å²) in [6.45, 7) is 2.10. The number of carbonyl (C=O) groups is 1. The lowest BCUT2D eigenvalue weighted by molar-refractivity contribution is -0.146. The zero-order chi connectivity index (χ0) is 15.0. The number of hydrogen-bond donors (Lipinski definition) is 1. The van der Waals surface area contributed by atoms with Crippen molar-refractivity contribution in [2.75, 3.05) is 7.11 Å². The molecule has 21 heavy (non-hydrogen) atoms. The fourth-order valence-corrected chi connectivity index (χ4v) is 3.41. The fourth-order valence-electron chi connectivity index (χ4n) is 3.41. The molecule has 3 rings (SSSR count). The molecule has 0 radical (unpaired) electrons. The van der Waals surface area contributed by atoms with Crippen molar-refractivity contribution in [2.24, 2.45) is 5.73 Å². The van der Waals surface area contributed by atoms with Crippen LogP contribution in [0.25, 0.3) is 11.0 Å². The monoisotopic (exact) mass is 287 g/mol. The summed E-state index contributed by atoms with van der Waals surface area (Å²) in [5.74, 6) is 0.739. The number of nitrogens with two attached hydrogens (primary N) is 1. The number of benzene rings is 1. The number of fused-ring (bicyclic) bond motifs is 1. The number of methoxy groups -OCH3 is 1.